The highest BCUT2D eigenvalue weighted by Crippen LogP contribution is 2.24. The fourth-order valence-electron chi connectivity index (χ4n) is 2.78. The number of methoxy groups -OCH3 is 1. The van der Waals surface area contributed by atoms with Crippen molar-refractivity contribution in [2.75, 3.05) is 13.7 Å². The van der Waals surface area contributed by atoms with Gasteiger partial charge < -0.3 is 10.1 Å². The van der Waals surface area contributed by atoms with E-state index in [2.05, 4.69) is 24.3 Å². The van der Waals surface area contributed by atoms with Crippen LogP contribution in [0.4, 0.5) is 0 Å². The SMILES string of the molecule is COc1ccc(-c2cc(C(=O)NCCC(C)C)n(-c3ccccc3)n2)cc1. The maximum atomic E-state index is 12.8. The minimum absolute atomic E-state index is 0.119. The van der Waals surface area contributed by atoms with Crippen LogP contribution in [0, 0.1) is 5.92 Å². The molecule has 0 spiro atoms. The maximum absolute atomic E-state index is 12.8. The molecule has 0 aliphatic heterocycles. The van der Waals surface area contributed by atoms with Gasteiger partial charge in [-0.3, -0.25) is 4.79 Å². The van der Waals surface area contributed by atoms with Crippen molar-refractivity contribution in [3.8, 4) is 22.7 Å². The summed E-state index contributed by atoms with van der Waals surface area (Å²) in [5.74, 6) is 1.21. The molecule has 0 unspecified atom stereocenters. The van der Waals surface area contributed by atoms with Gasteiger partial charge in [0.05, 0.1) is 18.5 Å². The van der Waals surface area contributed by atoms with Gasteiger partial charge in [0.25, 0.3) is 5.91 Å². The normalized spacial score (nSPS) is 10.8. The highest BCUT2D eigenvalue weighted by Gasteiger charge is 2.17. The van der Waals surface area contributed by atoms with Gasteiger partial charge in [-0.2, -0.15) is 5.10 Å². The summed E-state index contributed by atoms with van der Waals surface area (Å²) in [5.41, 5.74) is 3.05. The molecule has 1 N–H and O–H groups in total. The van der Waals surface area contributed by atoms with Crippen LogP contribution in [0.1, 0.15) is 30.8 Å². The van der Waals surface area contributed by atoms with E-state index in [9.17, 15) is 4.79 Å². The minimum Gasteiger partial charge on any atom is -0.497 e. The molecule has 1 amide bonds. The molecule has 0 atom stereocenters. The van der Waals surface area contributed by atoms with E-state index in [0.29, 0.717) is 18.2 Å². The second-order valence-corrected chi connectivity index (χ2v) is 6.83. The summed E-state index contributed by atoms with van der Waals surface area (Å²) in [6, 6.07) is 19.2. The lowest BCUT2D eigenvalue weighted by atomic mass is 10.1. The molecule has 0 aliphatic carbocycles. The number of benzene rings is 2. The van der Waals surface area contributed by atoms with Crippen LogP contribution >= 0.6 is 0 Å². The van der Waals surface area contributed by atoms with E-state index >= 15 is 0 Å². The van der Waals surface area contributed by atoms with Gasteiger partial charge in [-0.15, -0.1) is 0 Å². The fraction of sp³-hybridized carbons (Fsp3) is 0.273. The predicted octanol–water partition coefficient (Wildman–Crippen LogP) is 4.32. The number of hydrogen-bond acceptors (Lipinski definition) is 3. The first-order chi connectivity index (χ1) is 13.1. The average molecular weight is 363 g/mol. The van der Waals surface area contributed by atoms with Crippen molar-refractivity contribution in [3.63, 3.8) is 0 Å². The van der Waals surface area contributed by atoms with Crippen molar-refractivity contribution in [1.82, 2.24) is 15.1 Å². The van der Waals surface area contributed by atoms with E-state index in [1.807, 2.05) is 60.7 Å². The highest BCUT2D eigenvalue weighted by atomic mass is 16.5. The van der Waals surface area contributed by atoms with E-state index in [-0.39, 0.29) is 5.91 Å². The first-order valence-electron chi connectivity index (χ1n) is 9.16. The summed E-state index contributed by atoms with van der Waals surface area (Å²) in [6.07, 6.45) is 0.941. The van der Waals surface area contributed by atoms with Crippen LogP contribution < -0.4 is 10.1 Å². The van der Waals surface area contributed by atoms with E-state index in [4.69, 9.17) is 4.74 Å². The molecule has 1 aromatic heterocycles. The van der Waals surface area contributed by atoms with E-state index < -0.39 is 0 Å². The van der Waals surface area contributed by atoms with Gasteiger partial charge in [-0.1, -0.05) is 32.0 Å². The topological polar surface area (TPSA) is 56.1 Å². The van der Waals surface area contributed by atoms with Crippen LogP contribution in [0.2, 0.25) is 0 Å². The molecule has 0 bridgehead atoms. The number of nitrogens with zero attached hydrogens (tertiary/aromatic N) is 2. The second-order valence-electron chi connectivity index (χ2n) is 6.83. The summed E-state index contributed by atoms with van der Waals surface area (Å²) >= 11 is 0. The summed E-state index contributed by atoms with van der Waals surface area (Å²) < 4.78 is 6.91. The molecule has 2 aromatic carbocycles. The molecule has 140 valence electrons. The Hall–Kier alpha value is -3.08. The monoisotopic (exact) mass is 363 g/mol. The van der Waals surface area contributed by atoms with Crippen LogP contribution in [-0.2, 0) is 0 Å². The van der Waals surface area contributed by atoms with Crippen molar-refractivity contribution >= 4 is 5.91 Å². The van der Waals surface area contributed by atoms with Gasteiger partial charge in [0.15, 0.2) is 0 Å². The summed E-state index contributed by atoms with van der Waals surface area (Å²) in [4.78, 5) is 12.8. The molecule has 5 heteroatoms. The first kappa shape index (κ1) is 18.7. The fourth-order valence-corrected chi connectivity index (χ4v) is 2.78. The van der Waals surface area contributed by atoms with Crippen molar-refractivity contribution in [3.05, 3.63) is 66.4 Å². The molecule has 0 saturated heterocycles. The summed E-state index contributed by atoms with van der Waals surface area (Å²) in [5, 5.41) is 7.69. The van der Waals surface area contributed by atoms with Crippen LogP contribution in [0.3, 0.4) is 0 Å². The lowest BCUT2D eigenvalue weighted by molar-refractivity contribution is 0.0944. The van der Waals surface area contributed by atoms with Crippen LogP contribution in [0.25, 0.3) is 16.9 Å². The van der Waals surface area contributed by atoms with Gasteiger partial charge in [0.1, 0.15) is 11.4 Å². The number of carbonyl (C=O) groups is 1. The van der Waals surface area contributed by atoms with Crippen molar-refractivity contribution in [2.45, 2.75) is 20.3 Å². The molecular weight excluding hydrogens is 338 g/mol. The quantitative estimate of drug-likeness (QED) is 0.680. The summed E-state index contributed by atoms with van der Waals surface area (Å²) in [6.45, 7) is 4.93. The Morgan fingerprint density at radius 1 is 1.11 bits per heavy atom. The Kier molecular flexibility index (Phi) is 5.91. The highest BCUT2D eigenvalue weighted by molar-refractivity contribution is 5.94. The third-order valence-electron chi connectivity index (χ3n) is 4.34. The maximum Gasteiger partial charge on any atom is 0.270 e. The number of hydrogen-bond donors (Lipinski definition) is 1. The molecule has 0 aliphatic rings. The van der Waals surface area contributed by atoms with Gasteiger partial charge in [-0.05, 0) is 54.8 Å². The zero-order chi connectivity index (χ0) is 19.2. The van der Waals surface area contributed by atoms with Crippen molar-refractivity contribution in [1.29, 1.82) is 0 Å². The van der Waals surface area contributed by atoms with E-state index in [1.54, 1.807) is 11.8 Å². The average Bonchev–Trinajstić information content (AvgIpc) is 3.14. The molecule has 0 radical (unpaired) electrons. The molecule has 0 fully saturated rings. The molecule has 3 aromatic rings. The van der Waals surface area contributed by atoms with E-state index in [0.717, 1.165) is 29.1 Å². The number of rotatable bonds is 7. The Morgan fingerprint density at radius 3 is 2.44 bits per heavy atom. The lowest BCUT2D eigenvalue weighted by Gasteiger charge is -2.09. The van der Waals surface area contributed by atoms with E-state index in [1.165, 1.54) is 0 Å². The third kappa shape index (κ3) is 4.56. The number of aromatic nitrogens is 2. The Balaban J connectivity index is 1.94. The largest absolute Gasteiger partial charge is 0.497 e. The zero-order valence-electron chi connectivity index (χ0n) is 16.0. The standard InChI is InChI=1S/C22H25N3O2/c1-16(2)13-14-23-22(26)21-15-20(17-9-11-19(27-3)12-10-17)24-25(21)18-7-5-4-6-8-18/h4-12,15-16H,13-14H2,1-3H3,(H,23,26). The Morgan fingerprint density at radius 2 is 1.81 bits per heavy atom. The van der Waals surface area contributed by atoms with Gasteiger partial charge >= 0.3 is 0 Å². The molecule has 27 heavy (non-hydrogen) atoms. The predicted molar refractivity (Wildman–Crippen MR) is 107 cm³/mol. The second kappa shape index (κ2) is 8.54. The third-order valence-corrected chi connectivity index (χ3v) is 4.34. The molecule has 5 nitrogen and oxygen atoms in total. The number of ether oxygens (including phenoxy) is 1. The molecule has 3 rings (SSSR count). The minimum atomic E-state index is -0.119. The molecular formula is C22H25N3O2. The van der Waals surface area contributed by atoms with Crippen LogP contribution in [0.5, 0.6) is 5.75 Å². The zero-order valence-corrected chi connectivity index (χ0v) is 16.0. The molecule has 1 heterocycles. The van der Waals surface area contributed by atoms with Crippen LogP contribution in [0.15, 0.2) is 60.7 Å². The summed E-state index contributed by atoms with van der Waals surface area (Å²) in [7, 11) is 1.64. The van der Waals surface area contributed by atoms with Crippen LogP contribution in [-0.4, -0.2) is 29.3 Å². The Labute approximate surface area is 160 Å². The van der Waals surface area contributed by atoms with Gasteiger partial charge in [-0.25, -0.2) is 4.68 Å². The molecule has 0 saturated carbocycles. The number of carbonyl (C=O) groups excluding carboxylic acids is 1. The van der Waals surface area contributed by atoms with Crippen molar-refractivity contribution in [2.24, 2.45) is 5.92 Å². The van der Waals surface area contributed by atoms with Crippen molar-refractivity contribution < 1.29 is 9.53 Å². The van der Waals surface area contributed by atoms with Gasteiger partial charge in [0.2, 0.25) is 0 Å². The smallest absolute Gasteiger partial charge is 0.270 e. The number of para-hydroxylation sites is 1. The first-order valence-corrected chi connectivity index (χ1v) is 9.16. The number of nitrogens with one attached hydrogen (secondary N) is 1. The number of amides is 1. The Bertz CT molecular complexity index is 884. The van der Waals surface area contributed by atoms with Gasteiger partial charge in [0, 0.05) is 12.1 Å². The lowest BCUT2D eigenvalue weighted by Crippen LogP contribution is -2.27.